The van der Waals surface area contributed by atoms with Gasteiger partial charge in [0.25, 0.3) is 0 Å². The molecule has 0 atom stereocenters. The third-order valence-corrected chi connectivity index (χ3v) is 13.4. The Morgan fingerprint density at radius 3 is 2.41 bits per heavy atom. The molecule has 0 bridgehead atoms. The topological polar surface area (TPSA) is 43.9 Å². The Bertz CT molecular complexity index is 2470. The summed E-state index contributed by atoms with van der Waals surface area (Å²) in [4.78, 5) is 9.87. The minimum absolute atomic E-state index is 0. The molecule has 9 rings (SSSR count). The summed E-state index contributed by atoms with van der Waals surface area (Å²) in [6.07, 6.45) is 16.8. The molecule has 1 saturated carbocycles. The molecule has 0 N–H and O–H groups in total. The fraction of sp³-hybridized carbons (Fsp3) is 0.320. The van der Waals surface area contributed by atoms with E-state index in [0.717, 1.165) is 74.9 Å². The van der Waals surface area contributed by atoms with Crippen LogP contribution in [0, 0.1) is 18.1 Å². The van der Waals surface area contributed by atoms with E-state index in [9.17, 15) is 0 Å². The fourth-order valence-corrected chi connectivity index (χ4v) is 10.2. The van der Waals surface area contributed by atoms with Crippen molar-refractivity contribution >= 4 is 41.3 Å². The van der Waals surface area contributed by atoms with Crippen LogP contribution in [-0.4, -0.2) is 22.6 Å². The summed E-state index contributed by atoms with van der Waals surface area (Å²) in [5.74, 6) is 2.79. The van der Waals surface area contributed by atoms with Crippen molar-refractivity contribution in [2.75, 3.05) is 0 Å². The number of pyridine rings is 1. The maximum atomic E-state index is 6.42. The number of rotatable bonds is 6. The zero-order valence-corrected chi connectivity index (χ0v) is 37.1. The van der Waals surface area contributed by atoms with Crippen LogP contribution in [0.15, 0.2) is 108 Å². The van der Waals surface area contributed by atoms with Crippen molar-refractivity contribution in [2.24, 2.45) is 5.92 Å². The maximum Gasteiger partial charge on any atom is 0.0973 e. The molecule has 4 aromatic carbocycles. The molecule has 0 aliphatic heterocycles. The summed E-state index contributed by atoms with van der Waals surface area (Å²) in [6.45, 7) is 14.1. The van der Waals surface area contributed by atoms with Crippen molar-refractivity contribution in [3.63, 3.8) is 0 Å². The minimum atomic E-state index is -1.36. The van der Waals surface area contributed by atoms with E-state index in [0.29, 0.717) is 0 Å². The van der Waals surface area contributed by atoms with Gasteiger partial charge < -0.3 is 14.0 Å². The molecule has 1 radical (unpaired) electrons. The number of hydrogen-bond acceptors (Lipinski definition) is 3. The summed E-state index contributed by atoms with van der Waals surface area (Å²) in [6, 6.07) is 38.4. The van der Waals surface area contributed by atoms with Crippen molar-refractivity contribution < 1.29 is 24.5 Å². The summed E-state index contributed by atoms with van der Waals surface area (Å²) in [5.41, 5.74) is 11.2. The first-order chi connectivity index (χ1) is 26.6. The number of nitrogens with zero attached hydrogens (tertiary/aromatic N) is 3. The van der Waals surface area contributed by atoms with Gasteiger partial charge in [0, 0.05) is 44.0 Å². The smallest absolute Gasteiger partial charge is 0.0973 e. The summed E-state index contributed by atoms with van der Waals surface area (Å²) in [7, 11) is -1.36. The Kier molecular flexibility index (Phi) is 11.8. The first kappa shape index (κ1) is 39.9. The first-order valence-electron chi connectivity index (χ1n) is 20.2. The molecular weight excluding hydrogens is 879 g/mol. The van der Waals surface area contributed by atoms with Crippen LogP contribution >= 0.6 is 0 Å². The number of aromatic nitrogens is 3. The average molecular weight is 932 g/mol. The second-order valence-corrected chi connectivity index (χ2v) is 22.5. The van der Waals surface area contributed by atoms with Crippen LogP contribution in [0.3, 0.4) is 0 Å². The van der Waals surface area contributed by atoms with Gasteiger partial charge in [-0.1, -0.05) is 138 Å². The third-order valence-electron chi connectivity index (χ3n) is 11.3. The van der Waals surface area contributed by atoms with Crippen molar-refractivity contribution in [3.05, 3.63) is 138 Å². The predicted molar refractivity (Wildman–Crippen MR) is 233 cm³/mol. The number of furan rings is 1. The zero-order chi connectivity index (χ0) is 38.2. The molecule has 289 valence electrons. The number of imidazole rings is 1. The molecule has 1 fully saturated rings. The molecule has 0 unspecified atom stereocenters. The van der Waals surface area contributed by atoms with E-state index in [2.05, 4.69) is 142 Å². The van der Waals surface area contributed by atoms with Gasteiger partial charge in [0.1, 0.15) is 0 Å². The summed E-state index contributed by atoms with van der Waals surface area (Å²) >= 11 is 0. The number of fused-ring (bicyclic) bond motifs is 4. The Morgan fingerprint density at radius 2 is 1.64 bits per heavy atom. The van der Waals surface area contributed by atoms with Crippen LogP contribution in [-0.2, 0) is 38.4 Å². The van der Waals surface area contributed by atoms with E-state index in [1.807, 2.05) is 24.3 Å². The normalized spacial score (nSPS) is 14.6. The van der Waals surface area contributed by atoms with Gasteiger partial charge in [-0.15, -0.1) is 54.1 Å². The van der Waals surface area contributed by atoms with Crippen LogP contribution < -0.4 is 5.19 Å². The monoisotopic (exact) mass is 932 g/mol. The van der Waals surface area contributed by atoms with E-state index in [1.54, 1.807) is 10.8 Å². The van der Waals surface area contributed by atoms with E-state index in [1.165, 1.54) is 49.7 Å². The van der Waals surface area contributed by atoms with Crippen LogP contribution in [0.1, 0.15) is 81.7 Å². The average Bonchev–Trinajstić information content (AvgIpc) is 3.77. The Balaban J connectivity index is 0.000000178. The van der Waals surface area contributed by atoms with Gasteiger partial charge in [-0.25, -0.2) is 0 Å². The Labute approximate surface area is 347 Å². The van der Waals surface area contributed by atoms with Crippen LogP contribution in [0.25, 0.3) is 56.4 Å². The number of benzene rings is 4. The summed E-state index contributed by atoms with van der Waals surface area (Å²) in [5, 5.41) is 2.68. The zero-order valence-electron chi connectivity index (χ0n) is 33.7. The second kappa shape index (κ2) is 16.6. The van der Waals surface area contributed by atoms with Gasteiger partial charge in [0.15, 0.2) is 0 Å². The second-order valence-electron chi connectivity index (χ2n) is 17.5. The van der Waals surface area contributed by atoms with Gasteiger partial charge in [-0.3, -0.25) is 4.98 Å². The number of para-hydroxylation sites is 3. The molecule has 0 amide bonds. The number of aryl methyl sites for hydroxylation is 1. The van der Waals surface area contributed by atoms with E-state index in [-0.39, 0.29) is 25.5 Å². The maximum absolute atomic E-state index is 6.42. The van der Waals surface area contributed by atoms with Gasteiger partial charge in [0.2, 0.25) is 0 Å². The molecule has 7 aromatic rings. The number of hydrogen-bond donors (Lipinski definition) is 0. The molecule has 4 nitrogen and oxygen atoms in total. The van der Waals surface area contributed by atoms with E-state index >= 15 is 0 Å². The predicted octanol–water partition coefficient (Wildman–Crippen LogP) is 12.7. The molecule has 3 aromatic heterocycles. The SMILES string of the molecule is CC(C)(C)c1ccccc1-n1c(-c2[c-]ccc3c4c(oc23)CCC=C4)nc2ccccc21.C[Si](C)(C)c1cnc(-c2[c-]cccc2)cc1CC1CCCCC1.[Ir]. The van der Waals surface area contributed by atoms with E-state index in [4.69, 9.17) is 14.4 Å². The fourth-order valence-electron chi connectivity index (χ4n) is 8.56. The van der Waals surface area contributed by atoms with Crippen molar-refractivity contribution in [1.29, 1.82) is 0 Å². The molecular formula is C50H53IrN3OSi-2. The number of allylic oxidation sites excluding steroid dienone is 1. The van der Waals surface area contributed by atoms with Crippen molar-refractivity contribution in [2.45, 2.75) is 97.2 Å². The van der Waals surface area contributed by atoms with Gasteiger partial charge >= 0.3 is 0 Å². The van der Waals surface area contributed by atoms with Crippen molar-refractivity contribution in [1.82, 2.24) is 14.5 Å². The quantitative estimate of drug-likeness (QED) is 0.123. The van der Waals surface area contributed by atoms with Crippen LogP contribution in [0.4, 0.5) is 0 Å². The molecule has 6 heteroatoms. The van der Waals surface area contributed by atoms with Crippen molar-refractivity contribution in [3.8, 4) is 28.3 Å². The molecule has 2 aliphatic carbocycles. The Hall–Kier alpha value is -4.35. The molecule has 3 heterocycles. The van der Waals surface area contributed by atoms with Gasteiger partial charge in [-0.2, -0.15) is 0 Å². The molecule has 0 saturated heterocycles. The first-order valence-corrected chi connectivity index (χ1v) is 23.7. The largest absolute Gasteiger partial charge is 0.504 e. The van der Waals surface area contributed by atoms with Crippen LogP contribution in [0.5, 0.6) is 0 Å². The van der Waals surface area contributed by atoms with Gasteiger partial charge in [-0.05, 0) is 58.8 Å². The Morgan fingerprint density at radius 1 is 0.875 bits per heavy atom. The standard InChI is InChI=1S/C29H25N2O.C21H28NSi.Ir/c1-29(2,3)22-14-5-7-16-24(22)31-25-17-8-6-15-23(25)30-28(31)21-13-10-12-20-19-11-4-9-18-26(19)32-27(20)21;1-23(2,3)21-16-22-20(18-12-8-5-9-13-18)15-19(21)14-17-10-6-4-7-11-17;/h4-8,10-12,14-17H,9,18H2,1-3H3;5,8-9,12,15-17H,4,6-7,10-11,14H2,1-3H3;/q2*-1;. The van der Waals surface area contributed by atoms with Gasteiger partial charge in [0.05, 0.1) is 36.3 Å². The molecule has 2 aliphatic rings. The minimum Gasteiger partial charge on any atom is -0.504 e. The van der Waals surface area contributed by atoms with Crippen LogP contribution in [0.2, 0.25) is 19.6 Å². The third kappa shape index (κ3) is 8.21. The summed E-state index contributed by atoms with van der Waals surface area (Å²) < 4.78 is 8.70. The van der Waals surface area contributed by atoms with E-state index < -0.39 is 8.07 Å². The molecule has 0 spiro atoms. The molecule has 56 heavy (non-hydrogen) atoms.